The molecule has 0 aliphatic carbocycles. The van der Waals surface area contributed by atoms with Gasteiger partial charge in [0.05, 0.1) is 5.54 Å². The lowest BCUT2D eigenvalue weighted by Gasteiger charge is -2.18. The van der Waals surface area contributed by atoms with E-state index >= 15 is 0 Å². The molecule has 3 heteroatoms. The normalized spacial score (nSPS) is 23.0. The number of nitrogens with zero attached hydrogens (tertiary/aromatic N) is 2. The maximum absolute atomic E-state index is 4.59. The van der Waals surface area contributed by atoms with Crippen molar-refractivity contribution >= 4 is 16.9 Å². The Hall–Kier alpha value is -0.440. The van der Waals surface area contributed by atoms with Gasteiger partial charge < -0.3 is 4.90 Å². The van der Waals surface area contributed by atoms with Crippen molar-refractivity contribution in [2.75, 3.05) is 6.54 Å². The third-order valence-electron chi connectivity index (χ3n) is 1.93. The molecule has 0 fully saturated rings. The Morgan fingerprint density at radius 1 is 1.46 bits per heavy atom. The molecule has 0 saturated heterocycles. The summed E-state index contributed by atoms with van der Waals surface area (Å²) in [7, 11) is 0. The Morgan fingerprint density at radius 2 is 2.08 bits per heavy atom. The van der Waals surface area contributed by atoms with Gasteiger partial charge in [-0.15, -0.1) is 0 Å². The molecule has 0 spiro atoms. The van der Waals surface area contributed by atoms with E-state index in [4.69, 9.17) is 0 Å². The van der Waals surface area contributed by atoms with Gasteiger partial charge in [-0.3, -0.25) is 4.99 Å². The van der Waals surface area contributed by atoms with E-state index in [1.165, 1.54) is 10.9 Å². The van der Waals surface area contributed by atoms with Gasteiger partial charge in [0, 0.05) is 12.2 Å². The van der Waals surface area contributed by atoms with Crippen molar-refractivity contribution in [3.8, 4) is 0 Å². The molecular formula is C10H18N2S. The minimum absolute atomic E-state index is 0.123. The van der Waals surface area contributed by atoms with E-state index in [0.717, 1.165) is 6.54 Å². The molecule has 0 amide bonds. The summed E-state index contributed by atoms with van der Waals surface area (Å²) in [5.74, 6) is 0. The first-order chi connectivity index (χ1) is 6.08. The van der Waals surface area contributed by atoms with Gasteiger partial charge in [0.15, 0.2) is 5.17 Å². The molecule has 2 aliphatic heterocycles. The third kappa shape index (κ3) is 2.08. The summed E-state index contributed by atoms with van der Waals surface area (Å²) in [4.78, 5) is 6.87. The second-order valence-electron chi connectivity index (χ2n) is 3.67. The lowest BCUT2D eigenvalue weighted by molar-refractivity contribution is 0.435. The molecule has 0 atom stereocenters. The fraction of sp³-hybridized carbons (Fsp3) is 0.700. The maximum Gasteiger partial charge on any atom is 0.168 e. The fourth-order valence-corrected chi connectivity index (χ4v) is 2.42. The molecule has 0 bridgehead atoms. The summed E-state index contributed by atoms with van der Waals surface area (Å²) in [5, 5.41) is 3.33. The number of amidine groups is 1. The second kappa shape index (κ2) is 3.74. The molecule has 2 aliphatic rings. The monoisotopic (exact) mass is 198 g/mol. The van der Waals surface area contributed by atoms with Gasteiger partial charge in [-0.1, -0.05) is 25.6 Å². The number of aliphatic imine (C=N–C) groups is 1. The van der Waals surface area contributed by atoms with E-state index in [2.05, 4.69) is 36.1 Å². The topological polar surface area (TPSA) is 15.6 Å². The van der Waals surface area contributed by atoms with Crippen LogP contribution in [0.2, 0.25) is 0 Å². The zero-order valence-corrected chi connectivity index (χ0v) is 9.90. The predicted octanol–water partition coefficient (Wildman–Crippen LogP) is 3.07. The molecule has 2 rings (SSSR count). The Balaban J connectivity index is 0.000000396. The van der Waals surface area contributed by atoms with Crippen LogP contribution in [0.25, 0.3) is 0 Å². The molecule has 74 valence electrons. The van der Waals surface area contributed by atoms with Crippen molar-refractivity contribution in [2.24, 2.45) is 4.99 Å². The number of hydrogen-bond donors (Lipinski definition) is 0. The lowest BCUT2D eigenvalue weighted by atomic mass is 10.1. The van der Waals surface area contributed by atoms with E-state index in [1.54, 1.807) is 11.8 Å². The smallest absolute Gasteiger partial charge is 0.168 e. The van der Waals surface area contributed by atoms with Crippen LogP contribution in [0.5, 0.6) is 0 Å². The Kier molecular flexibility index (Phi) is 3.06. The van der Waals surface area contributed by atoms with E-state index in [1.807, 2.05) is 13.8 Å². The first kappa shape index (κ1) is 10.6. The maximum atomic E-state index is 4.59. The van der Waals surface area contributed by atoms with Crippen LogP contribution in [0.4, 0.5) is 0 Å². The second-order valence-corrected chi connectivity index (χ2v) is 4.51. The van der Waals surface area contributed by atoms with Crippen molar-refractivity contribution < 1.29 is 0 Å². The van der Waals surface area contributed by atoms with Gasteiger partial charge in [0.25, 0.3) is 0 Å². The summed E-state index contributed by atoms with van der Waals surface area (Å²) < 4.78 is 0. The summed E-state index contributed by atoms with van der Waals surface area (Å²) in [6, 6.07) is 0. The van der Waals surface area contributed by atoms with Crippen molar-refractivity contribution in [2.45, 2.75) is 40.2 Å². The number of fused-ring (bicyclic) bond motifs is 1. The SMILES string of the molecule is CC.CC1=CSC2=NC(C)(C)CN12. The molecular weight excluding hydrogens is 180 g/mol. The van der Waals surface area contributed by atoms with Crippen LogP contribution in [0, 0.1) is 0 Å². The number of allylic oxidation sites excluding steroid dienone is 1. The molecule has 0 aromatic rings. The minimum Gasteiger partial charge on any atom is -0.322 e. The highest BCUT2D eigenvalue weighted by molar-refractivity contribution is 8.16. The van der Waals surface area contributed by atoms with Gasteiger partial charge in [0.2, 0.25) is 0 Å². The third-order valence-corrected chi connectivity index (χ3v) is 2.92. The number of rotatable bonds is 0. The van der Waals surface area contributed by atoms with Gasteiger partial charge in [0.1, 0.15) is 0 Å². The van der Waals surface area contributed by atoms with Crippen LogP contribution in [-0.2, 0) is 0 Å². The van der Waals surface area contributed by atoms with E-state index in [-0.39, 0.29) is 5.54 Å². The highest BCUT2D eigenvalue weighted by Crippen LogP contribution is 2.34. The summed E-state index contributed by atoms with van der Waals surface area (Å²) >= 11 is 1.74. The molecule has 0 unspecified atom stereocenters. The van der Waals surface area contributed by atoms with Crippen LogP contribution in [0.15, 0.2) is 16.1 Å². The van der Waals surface area contributed by atoms with Crippen LogP contribution in [0.3, 0.4) is 0 Å². The molecule has 0 saturated carbocycles. The zero-order valence-electron chi connectivity index (χ0n) is 9.09. The van der Waals surface area contributed by atoms with Gasteiger partial charge in [-0.2, -0.15) is 0 Å². The average Bonchev–Trinajstić information content (AvgIpc) is 2.54. The van der Waals surface area contributed by atoms with Gasteiger partial charge in [-0.25, -0.2) is 0 Å². The summed E-state index contributed by atoms with van der Waals surface area (Å²) in [5.41, 5.74) is 1.46. The van der Waals surface area contributed by atoms with Crippen LogP contribution < -0.4 is 0 Å². The number of thioether (sulfide) groups is 1. The van der Waals surface area contributed by atoms with E-state index in [9.17, 15) is 0 Å². The average molecular weight is 198 g/mol. The minimum atomic E-state index is 0.123. The Bertz CT molecular complexity index is 254. The van der Waals surface area contributed by atoms with Crippen LogP contribution >= 0.6 is 11.8 Å². The zero-order chi connectivity index (χ0) is 10.1. The van der Waals surface area contributed by atoms with Crippen molar-refractivity contribution in [1.29, 1.82) is 0 Å². The lowest BCUT2D eigenvalue weighted by Crippen LogP contribution is -2.27. The van der Waals surface area contributed by atoms with Gasteiger partial charge >= 0.3 is 0 Å². The Morgan fingerprint density at radius 3 is 2.62 bits per heavy atom. The first-order valence-corrected chi connectivity index (χ1v) is 5.67. The van der Waals surface area contributed by atoms with E-state index in [0.29, 0.717) is 0 Å². The Labute approximate surface area is 85.1 Å². The molecule has 0 radical (unpaired) electrons. The van der Waals surface area contributed by atoms with Crippen LogP contribution in [-0.4, -0.2) is 22.2 Å². The van der Waals surface area contributed by atoms with Crippen molar-refractivity contribution in [3.05, 3.63) is 11.1 Å². The quantitative estimate of drug-likeness (QED) is 0.594. The highest BCUT2D eigenvalue weighted by Gasteiger charge is 2.34. The van der Waals surface area contributed by atoms with Crippen molar-refractivity contribution in [1.82, 2.24) is 4.90 Å². The van der Waals surface area contributed by atoms with Crippen LogP contribution in [0.1, 0.15) is 34.6 Å². The molecule has 0 aromatic carbocycles. The fourth-order valence-electron chi connectivity index (χ4n) is 1.38. The first-order valence-electron chi connectivity index (χ1n) is 4.79. The molecule has 13 heavy (non-hydrogen) atoms. The van der Waals surface area contributed by atoms with Crippen molar-refractivity contribution in [3.63, 3.8) is 0 Å². The molecule has 0 aromatic heterocycles. The molecule has 0 N–H and O–H groups in total. The summed E-state index contributed by atoms with van der Waals surface area (Å²) in [6.45, 7) is 11.5. The standard InChI is InChI=1S/C8H12N2S.C2H6/c1-6-4-11-7-9-8(2,3)5-10(6)7;1-2/h4H,5H2,1-3H3;1-2H3. The molecule has 2 heterocycles. The highest BCUT2D eigenvalue weighted by atomic mass is 32.2. The predicted molar refractivity (Wildman–Crippen MR) is 60.9 cm³/mol. The number of hydrogen-bond acceptors (Lipinski definition) is 3. The largest absolute Gasteiger partial charge is 0.322 e. The molecule has 2 nitrogen and oxygen atoms in total. The van der Waals surface area contributed by atoms with E-state index < -0.39 is 0 Å². The summed E-state index contributed by atoms with van der Waals surface area (Å²) in [6.07, 6.45) is 0. The van der Waals surface area contributed by atoms with Gasteiger partial charge in [-0.05, 0) is 26.2 Å².